The Labute approximate surface area is 121 Å². The lowest BCUT2D eigenvalue weighted by Gasteiger charge is -2.27. The Balaban J connectivity index is 2.13. The van der Waals surface area contributed by atoms with E-state index in [0.717, 1.165) is 49.7 Å². The number of rotatable bonds is 7. The molecule has 5 nitrogen and oxygen atoms in total. The zero-order valence-corrected chi connectivity index (χ0v) is 12.6. The van der Waals surface area contributed by atoms with E-state index in [2.05, 4.69) is 29.0 Å². The van der Waals surface area contributed by atoms with E-state index in [1.807, 2.05) is 6.20 Å². The Kier molecular flexibility index (Phi) is 5.59. The molecular formula is C15H26N4O. The number of aromatic nitrogens is 2. The molecule has 0 spiro atoms. The molecule has 0 bridgehead atoms. The van der Waals surface area contributed by atoms with Crippen LogP contribution in [0.3, 0.4) is 0 Å². The lowest BCUT2D eigenvalue weighted by Crippen LogP contribution is -2.31. The first-order chi connectivity index (χ1) is 9.76. The molecule has 20 heavy (non-hydrogen) atoms. The monoisotopic (exact) mass is 278 g/mol. The van der Waals surface area contributed by atoms with Gasteiger partial charge in [-0.2, -0.15) is 4.98 Å². The Hall–Kier alpha value is -1.36. The summed E-state index contributed by atoms with van der Waals surface area (Å²) in [6.45, 7) is 6.43. The highest BCUT2D eigenvalue weighted by molar-refractivity contribution is 5.50. The van der Waals surface area contributed by atoms with Gasteiger partial charge in [0.2, 0.25) is 5.95 Å². The molecule has 112 valence electrons. The van der Waals surface area contributed by atoms with Crippen LogP contribution in [0.1, 0.15) is 44.6 Å². The van der Waals surface area contributed by atoms with Crippen LogP contribution in [0.25, 0.3) is 0 Å². The number of anilines is 2. The SMILES string of the molecule is CCCNc1ncc(C)c(N2CCCC2CCCO)n1. The molecule has 1 aromatic rings. The Morgan fingerprint density at radius 2 is 2.35 bits per heavy atom. The standard InChI is InChI=1S/C15H26N4O/c1-3-8-16-15-17-11-12(2)14(18-15)19-9-4-6-13(19)7-5-10-20/h11,13,20H,3-10H2,1-2H3,(H,16,17,18). The Bertz CT molecular complexity index is 424. The van der Waals surface area contributed by atoms with Crippen molar-refractivity contribution in [1.29, 1.82) is 0 Å². The van der Waals surface area contributed by atoms with Gasteiger partial charge in [-0.25, -0.2) is 4.98 Å². The number of nitrogens with zero attached hydrogens (tertiary/aromatic N) is 3. The summed E-state index contributed by atoms with van der Waals surface area (Å²) in [4.78, 5) is 11.4. The molecule has 0 aromatic carbocycles. The van der Waals surface area contributed by atoms with Crippen molar-refractivity contribution < 1.29 is 5.11 Å². The van der Waals surface area contributed by atoms with Crippen LogP contribution in [0.15, 0.2) is 6.20 Å². The van der Waals surface area contributed by atoms with Gasteiger partial charge in [-0.15, -0.1) is 0 Å². The van der Waals surface area contributed by atoms with Crippen LogP contribution < -0.4 is 10.2 Å². The number of hydrogen-bond acceptors (Lipinski definition) is 5. The van der Waals surface area contributed by atoms with E-state index in [4.69, 9.17) is 10.1 Å². The van der Waals surface area contributed by atoms with Crippen LogP contribution in [0.5, 0.6) is 0 Å². The molecule has 0 saturated carbocycles. The average Bonchev–Trinajstić information content (AvgIpc) is 2.92. The molecule has 1 saturated heterocycles. The van der Waals surface area contributed by atoms with Gasteiger partial charge in [0.05, 0.1) is 0 Å². The molecule has 0 radical (unpaired) electrons. The normalized spacial score (nSPS) is 18.6. The van der Waals surface area contributed by atoms with Crippen LogP contribution in [-0.4, -0.2) is 40.8 Å². The molecule has 2 heterocycles. The fourth-order valence-electron chi connectivity index (χ4n) is 2.79. The van der Waals surface area contributed by atoms with Crippen molar-refractivity contribution in [3.05, 3.63) is 11.8 Å². The van der Waals surface area contributed by atoms with Gasteiger partial charge in [-0.1, -0.05) is 6.92 Å². The molecule has 2 rings (SSSR count). The van der Waals surface area contributed by atoms with Gasteiger partial charge in [-0.05, 0) is 39.0 Å². The number of aliphatic hydroxyl groups excluding tert-OH is 1. The largest absolute Gasteiger partial charge is 0.396 e. The van der Waals surface area contributed by atoms with E-state index in [0.29, 0.717) is 6.04 Å². The van der Waals surface area contributed by atoms with Crippen LogP contribution in [0, 0.1) is 6.92 Å². The van der Waals surface area contributed by atoms with E-state index in [9.17, 15) is 0 Å². The first kappa shape index (κ1) is 15.0. The first-order valence-corrected chi connectivity index (χ1v) is 7.71. The minimum Gasteiger partial charge on any atom is -0.396 e. The van der Waals surface area contributed by atoms with E-state index in [1.54, 1.807) is 0 Å². The summed E-state index contributed by atoms with van der Waals surface area (Å²) in [5.74, 6) is 1.78. The molecule has 1 atom stereocenters. The van der Waals surface area contributed by atoms with Gasteiger partial charge >= 0.3 is 0 Å². The lowest BCUT2D eigenvalue weighted by atomic mass is 10.1. The van der Waals surface area contributed by atoms with Gasteiger partial charge in [-0.3, -0.25) is 0 Å². The topological polar surface area (TPSA) is 61.3 Å². The smallest absolute Gasteiger partial charge is 0.224 e. The van der Waals surface area contributed by atoms with E-state index >= 15 is 0 Å². The summed E-state index contributed by atoms with van der Waals surface area (Å²) in [5.41, 5.74) is 1.13. The van der Waals surface area contributed by atoms with Gasteiger partial charge < -0.3 is 15.3 Å². The van der Waals surface area contributed by atoms with Crippen molar-refractivity contribution in [2.45, 2.75) is 52.0 Å². The second kappa shape index (κ2) is 7.43. The average molecular weight is 278 g/mol. The maximum Gasteiger partial charge on any atom is 0.224 e. The second-order valence-corrected chi connectivity index (χ2v) is 5.48. The Morgan fingerprint density at radius 1 is 1.50 bits per heavy atom. The second-order valence-electron chi connectivity index (χ2n) is 5.48. The fraction of sp³-hybridized carbons (Fsp3) is 0.733. The van der Waals surface area contributed by atoms with Crippen molar-refractivity contribution in [2.24, 2.45) is 0 Å². The summed E-state index contributed by atoms with van der Waals surface area (Å²) in [6, 6.07) is 0.509. The third-order valence-corrected chi connectivity index (χ3v) is 3.82. The predicted molar refractivity (Wildman–Crippen MR) is 82.2 cm³/mol. The van der Waals surface area contributed by atoms with Crippen LogP contribution in [0.2, 0.25) is 0 Å². The molecule has 1 aliphatic heterocycles. The van der Waals surface area contributed by atoms with Gasteiger partial charge in [0, 0.05) is 37.5 Å². The highest BCUT2D eigenvalue weighted by Gasteiger charge is 2.26. The van der Waals surface area contributed by atoms with Crippen molar-refractivity contribution in [1.82, 2.24) is 9.97 Å². The number of aryl methyl sites for hydroxylation is 1. The zero-order chi connectivity index (χ0) is 14.4. The van der Waals surface area contributed by atoms with Gasteiger partial charge in [0.15, 0.2) is 0 Å². The molecular weight excluding hydrogens is 252 g/mol. The summed E-state index contributed by atoms with van der Waals surface area (Å²) in [5, 5.41) is 12.3. The number of hydrogen-bond donors (Lipinski definition) is 2. The summed E-state index contributed by atoms with van der Waals surface area (Å²) < 4.78 is 0. The summed E-state index contributed by atoms with van der Waals surface area (Å²) >= 11 is 0. The highest BCUT2D eigenvalue weighted by Crippen LogP contribution is 2.29. The molecule has 2 N–H and O–H groups in total. The van der Waals surface area contributed by atoms with Crippen LogP contribution in [0.4, 0.5) is 11.8 Å². The lowest BCUT2D eigenvalue weighted by molar-refractivity contribution is 0.279. The van der Waals surface area contributed by atoms with E-state index in [-0.39, 0.29) is 6.61 Å². The third-order valence-electron chi connectivity index (χ3n) is 3.82. The molecule has 1 unspecified atom stereocenters. The molecule has 5 heteroatoms. The maximum absolute atomic E-state index is 9.03. The predicted octanol–water partition coefficient (Wildman–Crippen LogP) is 2.35. The third kappa shape index (κ3) is 3.60. The first-order valence-electron chi connectivity index (χ1n) is 7.71. The molecule has 0 amide bonds. The van der Waals surface area contributed by atoms with Crippen molar-refractivity contribution in [3.63, 3.8) is 0 Å². The van der Waals surface area contributed by atoms with E-state index < -0.39 is 0 Å². The Morgan fingerprint density at radius 3 is 3.10 bits per heavy atom. The van der Waals surface area contributed by atoms with Crippen LogP contribution >= 0.6 is 0 Å². The van der Waals surface area contributed by atoms with Gasteiger partial charge in [0.25, 0.3) is 0 Å². The number of aliphatic hydroxyl groups is 1. The number of nitrogens with one attached hydrogen (secondary N) is 1. The van der Waals surface area contributed by atoms with E-state index in [1.165, 1.54) is 12.8 Å². The maximum atomic E-state index is 9.03. The van der Waals surface area contributed by atoms with Crippen molar-refractivity contribution >= 4 is 11.8 Å². The van der Waals surface area contributed by atoms with Crippen molar-refractivity contribution in [3.8, 4) is 0 Å². The fourth-order valence-corrected chi connectivity index (χ4v) is 2.79. The van der Waals surface area contributed by atoms with Crippen molar-refractivity contribution in [2.75, 3.05) is 29.9 Å². The summed E-state index contributed by atoms with van der Waals surface area (Å²) in [7, 11) is 0. The summed E-state index contributed by atoms with van der Waals surface area (Å²) in [6.07, 6.45) is 7.28. The molecule has 0 aliphatic carbocycles. The minimum absolute atomic E-state index is 0.274. The molecule has 1 aromatic heterocycles. The van der Waals surface area contributed by atoms with Gasteiger partial charge in [0.1, 0.15) is 5.82 Å². The molecule has 1 aliphatic rings. The zero-order valence-electron chi connectivity index (χ0n) is 12.6. The highest BCUT2D eigenvalue weighted by atomic mass is 16.2. The molecule has 1 fully saturated rings. The quantitative estimate of drug-likeness (QED) is 0.801. The minimum atomic E-state index is 0.274. The van der Waals surface area contributed by atoms with Crippen LogP contribution in [-0.2, 0) is 0 Å².